The van der Waals surface area contributed by atoms with Gasteiger partial charge in [-0.25, -0.2) is 9.97 Å². The molecule has 0 spiro atoms. The lowest BCUT2D eigenvalue weighted by Gasteiger charge is -2.32. The number of hydrogen-bond donors (Lipinski definition) is 4. The average molecular weight is 921 g/mol. The fraction of sp³-hybridized carbons (Fsp3) is 0.381. The molecule has 8 rings (SSSR count). The number of nitrogens with zero attached hydrogens (tertiary/aromatic N) is 12. The Balaban J connectivity index is 0.000000196. The molecule has 8 heterocycles. The zero-order valence-electron chi connectivity index (χ0n) is 36.9. The van der Waals surface area contributed by atoms with Gasteiger partial charge in [-0.1, -0.05) is 12.1 Å². The van der Waals surface area contributed by atoms with E-state index in [9.17, 15) is 35.9 Å². The number of hydrogen-bond acceptors (Lipinski definition) is 14. The Morgan fingerprint density at radius 1 is 0.621 bits per heavy atom. The third kappa shape index (κ3) is 10.3. The van der Waals surface area contributed by atoms with Crippen LogP contribution in [-0.2, 0) is 35.0 Å². The molecule has 0 radical (unpaired) electrons. The summed E-state index contributed by atoms with van der Waals surface area (Å²) in [4.78, 5) is 52.8. The van der Waals surface area contributed by atoms with Crippen LogP contribution >= 0.6 is 0 Å². The summed E-state index contributed by atoms with van der Waals surface area (Å²) >= 11 is 0. The highest BCUT2D eigenvalue weighted by Gasteiger charge is 2.34. The maximum atomic E-state index is 12.7. The average Bonchev–Trinajstić information content (AvgIpc) is 3.93. The minimum atomic E-state index is -4.46. The summed E-state index contributed by atoms with van der Waals surface area (Å²) in [5.74, 6) is 1.87. The smallest absolute Gasteiger partial charge is 0.348 e. The number of fused-ring (bicyclic) bond motifs is 2. The number of pyridine rings is 2. The van der Waals surface area contributed by atoms with Gasteiger partial charge in [-0.05, 0) is 64.8 Å². The van der Waals surface area contributed by atoms with Crippen LogP contribution in [0.15, 0.2) is 61.4 Å². The number of rotatable bonds is 10. The molecule has 66 heavy (non-hydrogen) atoms. The van der Waals surface area contributed by atoms with E-state index in [0.717, 1.165) is 23.3 Å². The zero-order valence-corrected chi connectivity index (χ0v) is 36.9. The van der Waals surface area contributed by atoms with Crippen LogP contribution in [0.25, 0.3) is 0 Å². The molecule has 0 aromatic carbocycles. The summed E-state index contributed by atoms with van der Waals surface area (Å²) in [5.41, 5.74) is 3.54. The molecule has 0 bridgehead atoms. The van der Waals surface area contributed by atoms with Gasteiger partial charge >= 0.3 is 12.4 Å². The van der Waals surface area contributed by atoms with Gasteiger partial charge in [-0.3, -0.25) is 28.9 Å². The first kappa shape index (κ1) is 46.6. The van der Waals surface area contributed by atoms with Gasteiger partial charge in [-0.2, -0.15) is 46.5 Å². The van der Waals surface area contributed by atoms with Crippen LogP contribution in [0.5, 0.6) is 0 Å². The van der Waals surface area contributed by atoms with E-state index in [4.69, 9.17) is 0 Å². The maximum absolute atomic E-state index is 12.7. The van der Waals surface area contributed by atoms with E-state index in [2.05, 4.69) is 61.4 Å². The Kier molecular flexibility index (Phi) is 12.9. The summed E-state index contributed by atoms with van der Waals surface area (Å²) in [6.07, 6.45) is 0.424. The number of halogens is 6. The molecule has 2 amide bonds. The van der Waals surface area contributed by atoms with Gasteiger partial charge in [0, 0.05) is 50.0 Å². The lowest BCUT2D eigenvalue weighted by atomic mass is 10.1. The van der Waals surface area contributed by atoms with Gasteiger partial charge in [0.25, 0.3) is 0 Å². The molecule has 0 aliphatic carbocycles. The monoisotopic (exact) mass is 920 g/mol. The number of alkyl halides is 6. The van der Waals surface area contributed by atoms with Crippen LogP contribution in [0, 0.1) is 13.8 Å². The number of amides is 2. The molecule has 0 saturated carbocycles. The van der Waals surface area contributed by atoms with Crippen molar-refractivity contribution >= 4 is 46.7 Å². The quantitative estimate of drug-likeness (QED) is 0.105. The molecule has 348 valence electrons. The van der Waals surface area contributed by atoms with Crippen LogP contribution in [0.3, 0.4) is 0 Å². The van der Waals surface area contributed by atoms with E-state index in [-0.39, 0.29) is 49.1 Å². The van der Waals surface area contributed by atoms with Crippen molar-refractivity contribution in [3.8, 4) is 0 Å². The first-order valence-electron chi connectivity index (χ1n) is 20.5. The SMILES string of the molecule is Cc1nc(N[C@@H](C)c2cnn(Cc3ccc(C(F)(F)F)nc3)c2)nc2c1NC(=O)[C@H](C)N2C.Cc1nc(N[C@H](C)c2cnn(Cc3ccc(C(F)(F)F)nc3)c2)nc2c1NC(=O)[C@H](C)N2C. The van der Waals surface area contributed by atoms with Crippen molar-refractivity contribution in [3.63, 3.8) is 0 Å². The van der Waals surface area contributed by atoms with Crippen molar-refractivity contribution in [3.05, 3.63) is 106 Å². The summed E-state index contributed by atoms with van der Waals surface area (Å²) in [6.45, 7) is 11.6. The van der Waals surface area contributed by atoms with Crippen molar-refractivity contribution in [1.29, 1.82) is 0 Å². The lowest BCUT2D eigenvalue weighted by molar-refractivity contribution is -0.142. The van der Waals surface area contributed by atoms with E-state index < -0.39 is 23.7 Å². The summed E-state index contributed by atoms with van der Waals surface area (Å²) in [6, 6.07) is 3.60. The minimum absolute atomic E-state index is 0.110. The molecule has 4 atom stereocenters. The van der Waals surface area contributed by atoms with Gasteiger partial charge in [0.05, 0.1) is 49.0 Å². The lowest BCUT2D eigenvalue weighted by Crippen LogP contribution is -2.44. The highest BCUT2D eigenvalue weighted by molar-refractivity contribution is 6.03. The molecular formula is C42H46F6N16O2. The van der Waals surface area contributed by atoms with Crippen LogP contribution < -0.4 is 31.1 Å². The van der Waals surface area contributed by atoms with Crippen molar-refractivity contribution in [2.45, 2.75) is 91.2 Å². The van der Waals surface area contributed by atoms with Gasteiger partial charge in [-0.15, -0.1) is 0 Å². The number of nitrogens with one attached hydrogen (secondary N) is 4. The topological polar surface area (TPSA) is 202 Å². The number of carbonyl (C=O) groups excluding carboxylic acids is 2. The first-order valence-corrected chi connectivity index (χ1v) is 20.5. The van der Waals surface area contributed by atoms with E-state index in [0.29, 0.717) is 57.4 Å². The standard InChI is InChI=1S/2C21H23F3N8O/c2*1-11(27-20-28-12(2)17-18(30-20)31(4)13(3)19(33)29-17)15-8-26-32(10-15)9-14-5-6-16(25-7-14)21(22,23)24/h2*5-8,10-11,13H,9H2,1-4H3,(H,29,33)(H,27,28,30)/t11-,13+;11-,13-/m10/s1. The normalized spacial score (nSPS) is 16.9. The molecule has 24 heteroatoms. The highest BCUT2D eigenvalue weighted by Crippen LogP contribution is 2.35. The fourth-order valence-corrected chi connectivity index (χ4v) is 6.90. The third-order valence-corrected chi connectivity index (χ3v) is 11.1. The van der Waals surface area contributed by atoms with Gasteiger partial charge in [0.15, 0.2) is 11.6 Å². The number of aryl methyl sites for hydroxylation is 2. The number of likely N-dealkylation sites (N-methyl/N-ethyl adjacent to an activating group) is 2. The Morgan fingerprint density at radius 3 is 1.33 bits per heavy atom. The van der Waals surface area contributed by atoms with E-state index >= 15 is 0 Å². The van der Waals surface area contributed by atoms with Gasteiger partial charge < -0.3 is 31.1 Å². The van der Waals surface area contributed by atoms with Gasteiger partial charge in [0.2, 0.25) is 23.7 Å². The predicted octanol–water partition coefficient (Wildman–Crippen LogP) is 6.79. The van der Waals surface area contributed by atoms with Crippen LogP contribution in [0.2, 0.25) is 0 Å². The van der Waals surface area contributed by atoms with E-state index in [1.807, 2.05) is 27.9 Å². The summed E-state index contributed by atoms with van der Waals surface area (Å²) in [7, 11) is 3.62. The molecule has 2 aliphatic rings. The molecule has 0 fully saturated rings. The first-order chi connectivity index (χ1) is 31.0. The summed E-state index contributed by atoms with van der Waals surface area (Å²) < 4.78 is 79.3. The fourth-order valence-electron chi connectivity index (χ4n) is 6.90. The van der Waals surface area contributed by atoms with E-state index in [1.165, 1.54) is 24.5 Å². The molecular weight excluding hydrogens is 875 g/mol. The largest absolute Gasteiger partial charge is 0.433 e. The van der Waals surface area contributed by atoms with Crippen molar-refractivity contribution in [2.75, 3.05) is 45.2 Å². The van der Waals surface area contributed by atoms with Crippen LogP contribution in [-0.4, -0.2) is 87.5 Å². The number of anilines is 6. The number of carbonyl (C=O) groups is 2. The Morgan fingerprint density at radius 2 is 1.00 bits per heavy atom. The summed E-state index contributed by atoms with van der Waals surface area (Å²) in [5, 5.41) is 20.8. The molecule has 2 aliphatic heterocycles. The maximum Gasteiger partial charge on any atom is 0.433 e. The molecule has 6 aromatic heterocycles. The van der Waals surface area contributed by atoms with E-state index in [1.54, 1.807) is 71.6 Å². The Labute approximate surface area is 374 Å². The van der Waals surface area contributed by atoms with Crippen molar-refractivity contribution < 1.29 is 35.9 Å². The van der Waals surface area contributed by atoms with Crippen molar-refractivity contribution in [1.82, 2.24) is 49.5 Å². The second-order valence-electron chi connectivity index (χ2n) is 16.0. The number of aromatic nitrogens is 10. The Hall–Kier alpha value is -7.40. The molecule has 4 N–H and O–H groups in total. The Bertz CT molecular complexity index is 2540. The van der Waals surface area contributed by atoms with Gasteiger partial charge in [0.1, 0.15) is 34.8 Å². The second-order valence-corrected chi connectivity index (χ2v) is 16.0. The minimum Gasteiger partial charge on any atom is -0.348 e. The predicted molar refractivity (Wildman–Crippen MR) is 232 cm³/mol. The highest BCUT2D eigenvalue weighted by atomic mass is 19.4. The van der Waals surface area contributed by atoms with Crippen molar-refractivity contribution in [2.24, 2.45) is 0 Å². The molecule has 6 aromatic rings. The van der Waals surface area contributed by atoms with Crippen LogP contribution in [0.1, 0.15) is 84.8 Å². The third-order valence-electron chi connectivity index (χ3n) is 11.1. The molecule has 0 unspecified atom stereocenters. The second kappa shape index (κ2) is 18.2. The molecule has 0 saturated heterocycles. The zero-order chi connectivity index (χ0) is 47.8. The molecule has 18 nitrogen and oxygen atoms in total. The van der Waals surface area contributed by atoms with Crippen LogP contribution in [0.4, 0.5) is 61.2 Å².